The summed E-state index contributed by atoms with van der Waals surface area (Å²) < 4.78 is 0. The van der Waals surface area contributed by atoms with Crippen LogP contribution in [-0.2, 0) is 28.9 Å². The zero-order valence-corrected chi connectivity index (χ0v) is 19.1. The van der Waals surface area contributed by atoms with Gasteiger partial charge in [-0.25, -0.2) is 15.0 Å². The van der Waals surface area contributed by atoms with Gasteiger partial charge in [0.1, 0.15) is 17.1 Å². The third-order valence-electron chi connectivity index (χ3n) is 5.38. The molecule has 0 saturated heterocycles. The first-order valence-corrected chi connectivity index (χ1v) is 10.9. The Hall–Kier alpha value is -3.93. The Balaban J connectivity index is 1.47. The minimum atomic E-state index is 0.133. The van der Waals surface area contributed by atoms with Crippen molar-refractivity contribution in [1.82, 2.24) is 15.0 Å². The fourth-order valence-electron chi connectivity index (χ4n) is 3.78. The summed E-state index contributed by atoms with van der Waals surface area (Å²) in [4.78, 5) is 37.6. The molecule has 0 fully saturated rings. The molecule has 166 valence electrons. The fraction of sp³-hybridized carbons (Fsp3) is 0.222. The van der Waals surface area contributed by atoms with E-state index in [4.69, 9.17) is 0 Å². The van der Waals surface area contributed by atoms with E-state index >= 15 is 0 Å². The number of fused-ring (bicyclic) bond motifs is 1. The summed E-state index contributed by atoms with van der Waals surface area (Å²) >= 11 is 0. The maximum atomic E-state index is 12.6. The zero-order valence-electron chi connectivity index (χ0n) is 19.1. The van der Waals surface area contributed by atoms with E-state index in [1.807, 2.05) is 68.4 Å². The van der Waals surface area contributed by atoms with Gasteiger partial charge in [0.2, 0.25) is 0 Å². The van der Waals surface area contributed by atoms with Gasteiger partial charge in [-0.15, -0.1) is 0 Å². The molecule has 0 aliphatic carbocycles. The van der Waals surface area contributed by atoms with Gasteiger partial charge in [0.15, 0.2) is 11.5 Å². The van der Waals surface area contributed by atoms with Crippen LogP contribution in [0.2, 0.25) is 0 Å². The van der Waals surface area contributed by atoms with E-state index in [0.717, 1.165) is 33.6 Å². The van der Waals surface area contributed by atoms with Crippen LogP contribution in [0.25, 0.3) is 11.2 Å². The van der Waals surface area contributed by atoms with Gasteiger partial charge in [-0.2, -0.15) is 0 Å². The number of aryl methyl sites for hydroxylation is 2. The molecular formula is C27H26N4O2. The molecule has 2 aromatic heterocycles. The second kappa shape index (κ2) is 9.69. The second-order valence-corrected chi connectivity index (χ2v) is 8.41. The number of nitrogens with zero attached hydrogens (tertiary/aromatic N) is 3. The Labute approximate surface area is 193 Å². The van der Waals surface area contributed by atoms with Crippen LogP contribution in [0.5, 0.6) is 0 Å². The molecule has 0 amide bonds. The number of nitrogens with one attached hydrogen (secondary N) is 1. The van der Waals surface area contributed by atoms with Crippen LogP contribution in [0, 0.1) is 13.8 Å². The molecule has 0 radical (unpaired) electrons. The Bertz CT molecular complexity index is 1330. The van der Waals surface area contributed by atoms with E-state index in [1.165, 1.54) is 0 Å². The summed E-state index contributed by atoms with van der Waals surface area (Å²) in [5.41, 5.74) is 6.83. The van der Waals surface area contributed by atoms with Crippen molar-refractivity contribution in [1.29, 1.82) is 0 Å². The van der Waals surface area contributed by atoms with Crippen molar-refractivity contribution < 1.29 is 9.59 Å². The highest BCUT2D eigenvalue weighted by molar-refractivity contribution is 5.84. The first-order valence-electron chi connectivity index (χ1n) is 10.9. The van der Waals surface area contributed by atoms with Crippen molar-refractivity contribution in [2.45, 2.75) is 40.0 Å². The highest BCUT2D eigenvalue weighted by Crippen LogP contribution is 2.20. The predicted molar refractivity (Wildman–Crippen MR) is 130 cm³/mol. The standard InChI is InChI=1S/C27H26N4O2/c1-17-5-4-6-21(11-17)13-24(33)14-22-15-25-27(29-19(22)3)31-26(16-28-25)30-23-9-7-20(8-10-23)12-18(2)32/h4-11,15-16H,12-14H2,1-3H3,(H,29,30,31). The number of Topliss-reactive ketones (excluding diaryl/α,β-unsaturated/α-hetero) is 2. The first kappa shape index (κ1) is 22.3. The predicted octanol–water partition coefficient (Wildman–Crippen LogP) is 4.87. The summed E-state index contributed by atoms with van der Waals surface area (Å²) in [7, 11) is 0. The molecule has 1 N–H and O–H groups in total. The van der Waals surface area contributed by atoms with E-state index in [2.05, 4.69) is 20.3 Å². The Morgan fingerprint density at radius 2 is 1.67 bits per heavy atom. The van der Waals surface area contributed by atoms with Crippen molar-refractivity contribution in [3.63, 3.8) is 0 Å². The molecule has 33 heavy (non-hydrogen) atoms. The van der Waals surface area contributed by atoms with Crippen LogP contribution in [-0.4, -0.2) is 26.5 Å². The summed E-state index contributed by atoms with van der Waals surface area (Å²) in [5, 5.41) is 3.22. The van der Waals surface area contributed by atoms with Gasteiger partial charge in [0.25, 0.3) is 0 Å². The van der Waals surface area contributed by atoms with Crippen molar-refractivity contribution in [2.75, 3.05) is 5.32 Å². The number of hydrogen-bond donors (Lipinski definition) is 1. The third kappa shape index (κ3) is 5.86. The van der Waals surface area contributed by atoms with Crippen molar-refractivity contribution in [2.24, 2.45) is 0 Å². The lowest BCUT2D eigenvalue weighted by molar-refractivity contribution is -0.118. The molecule has 0 aliphatic rings. The van der Waals surface area contributed by atoms with E-state index in [-0.39, 0.29) is 11.6 Å². The SMILES string of the molecule is CC(=O)Cc1ccc(Nc2cnc3cc(CC(=O)Cc4cccc(C)c4)c(C)nc3n2)cc1. The average molecular weight is 439 g/mol. The van der Waals surface area contributed by atoms with Gasteiger partial charge in [-0.3, -0.25) is 9.59 Å². The van der Waals surface area contributed by atoms with Gasteiger partial charge in [0, 0.05) is 30.6 Å². The minimum Gasteiger partial charge on any atom is -0.339 e. The minimum absolute atomic E-state index is 0.133. The van der Waals surface area contributed by atoms with Crippen molar-refractivity contribution in [3.8, 4) is 0 Å². The average Bonchev–Trinajstić information content (AvgIpc) is 2.75. The molecule has 4 aromatic rings. The number of benzene rings is 2. The monoisotopic (exact) mass is 438 g/mol. The fourth-order valence-corrected chi connectivity index (χ4v) is 3.78. The van der Waals surface area contributed by atoms with E-state index in [1.54, 1.807) is 13.1 Å². The van der Waals surface area contributed by atoms with E-state index < -0.39 is 0 Å². The smallest absolute Gasteiger partial charge is 0.180 e. The number of anilines is 2. The quantitative estimate of drug-likeness (QED) is 0.422. The van der Waals surface area contributed by atoms with Gasteiger partial charge < -0.3 is 5.32 Å². The molecular weight excluding hydrogens is 412 g/mol. The molecule has 4 rings (SSSR count). The van der Waals surface area contributed by atoms with Gasteiger partial charge in [0.05, 0.1) is 6.20 Å². The van der Waals surface area contributed by atoms with Crippen LogP contribution in [0.1, 0.15) is 34.9 Å². The Morgan fingerprint density at radius 1 is 0.879 bits per heavy atom. The summed E-state index contributed by atoms with van der Waals surface area (Å²) in [6.07, 6.45) is 2.80. The number of carbonyl (C=O) groups is 2. The third-order valence-corrected chi connectivity index (χ3v) is 5.38. The molecule has 0 bridgehead atoms. The lowest BCUT2D eigenvalue weighted by atomic mass is 10.0. The number of aromatic nitrogens is 3. The molecule has 0 unspecified atom stereocenters. The number of pyridine rings is 1. The molecule has 2 aromatic carbocycles. The molecule has 0 spiro atoms. The number of ketones is 2. The van der Waals surface area contributed by atoms with E-state index in [9.17, 15) is 9.59 Å². The highest BCUT2D eigenvalue weighted by Gasteiger charge is 2.12. The lowest BCUT2D eigenvalue weighted by Gasteiger charge is -2.09. The van der Waals surface area contributed by atoms with Crippen LogP contribution in [0.15, 0.2) is 60.8 Å². The number of carbonyl (C=O) groups excluding carboxylic acids is 2. The highest BCUT2D eigenvalue weighted by atomic mass is 16.1. The van der Waals surface area contributed by atoms with Gasteiger partial charge in [-0.05, 0) is 55.7 Å². The molecule has 0 atom stereocenters. The molecule has 6 nitrogen and oxygen atoms in total. The second-order valence-electron chi connectivity index (χ2n) is 8.41. The summed E-state index contributed by atoms with van der Waals surface area (Å²) in [5.74, 6) is 0.857. The Morgan fingerprint density at radius 3 is 2.39 bits per heavy atom. The molecule has 0 aliphatic heterocycles. The molecule has 2 heterocycles. The molecule has 6 heteroatoms. The maximum Gasteiger partial charge on any atom is 0.180 e. The topological polar surface area (TPSA) is 84.8 Å². The number of rotatable bonds is 8. The maximum absolute atomic E-state index is 12.6. The first-order chi connectivity index (χ1) is 15.9. The van der Waals surface area contributed by atoms with Crippen molar-refractivity contribution >= 4 is 34.2 Å². The van der Waals surface area contributed by atoms with E-state index in [0.29, 0.717) is 36.2 Å². The molecule has 0 saturated carbocycles. The number of hydrogen-bond acceptors (Lipinski definition) is 6. The van der Waals surface area contributed by atoms with Crippen LogP contribution >= 0.6 is 0 Å². The summed E-state index contributed by atoms with van der Waals surface area (Å²) in [6, 6.07) is 17.6. The zero-order chi connectivity index (χ0) is 23.4. The van der Waals surface area contributed by atoms with Crippen LogP contribution < -0.4 is 5.32 Å². The lowest BCUT2D eigenvalue weighted by Crippen LogP contribution is -2.09. The van der Waals surface area contributed by atoms with Crippen molar-refractivity contribution in [3.05, 3.63) is 88.7 Å². The largest absolute Gasteiger partial charge is 0.339 e. The normalized spacial score (nSPS) is 10.9. The van der Waals surface area contributed by atoms with Gasteiger partial charge in [-0.1, -0.05) is 42.0 Å². The van der Waals surface area contributed by atoms with Crippen LogP contribution in [0.4, 0.5) is 11.5 Å². The van der Waals surface area contributed by atoms with Crippen LogP contribution in [0.3, 0.4) is 0 Å². The summed E-state index contributed by atoms with van der Waals surface area (Å²) in [6.45, 7) is 5.50. The Kier molecular flexibility index (Phi) is 6.54. The van der Waals surface area contributed by atoms with Gasteiger partial charge >= 0.3 is 0 Å².